The lowest BCUT2D eigenvalue weighted by molar-refractivity contribution is 0.121. The van der Waals surface area contributed by atoms with E-state index in [1.165, 1.54) is 0 Å². The van der Waals surface area contributed by atoms with E-state index in [1.807, 2.05) is 49.4 Å². The van der Waals surface area contributed by atoms with E-state index in [0.29, 0.717) is 18.8 Å². The van der Waals surface area contributed by atoms with Gasteiger partial charge >= 0.3 is 6.09 Å². The third kappa shape index (κ3) is 5.96. The Bertz CT molecular complexity index is 795. The lowest BCUT2D eigenvalue weighted by Gasteiger charge is -2.40. The van der Waals surface area contributed by atoms with Crippen molar-refractivity contribution in [2.75, 3.05) is 34.2 Å². The molecule has 0 spiro atoms. The van der Waals surface area contributed by atoms with E-state index in [1.54, 1.807) is 11.9 Å². The van der Waals surface area contributed by atoms with E-state index in [4.69, 9.17) is 10.5 Å². The molecule has 168 valence electrons. The molecule has 5 heteroatoms. The molecule has 2 rings (SSSR count). The third-order valence-corrected chi connectivity index (χ3v) is 5.91. The molecule has 1 unspecified atom stereocenters. The summed E-state index contributed by atoms with van der Waals surface area (Å²) in [6.07, 6.45) is 3.05. The quantitative estimate of drug-likeness (QED) is 0.566. The number of allylic oxidation sites excluding steroid dienone is 2. The monoisotopic (exact) mass is 423 g/mol. The summed E-state index contributed by atoms with van der Waals surface area (Å²) in [5.74, 6) is 0.642. The molecule has 2 aromatic carbocycles. The van der Waals surface area contributed by atoms with Gasteiger partial charge in [-0.1, -0.05) is 60.7 Å². The molecule has 0 saturated heterocycles. The van der Waals surface area contributed by atoms with Crippen LogP contribution in [0.4, 0.5) is 4.79 Å². The summed E-state index contributed by atoms with van der Waals surface area (Å²) in [6, 6.07) is 20.9. The zero-order valence-corrected chi connectivity index (χ0v) is 19.5. The highest BCUT2D eigenvalue weighted by Gasteiger charge is 2.42. The highest BCUT2D eigenvalue weighted by Crippen LogP contribution is 2.44. The van der Waals surface area contributed by atoms with Crippen molar-refractivity contribution < 1.29 is 9.53 Å². The first kappa shape index (κ1) is 24.6. The van der Waals surface area contributed by atoms with Crippen molar-refractivity contribution in [2.24, 2.45) is 5.73 Å². The van der Waals surface area contributed by atoms with Gasteiger partial charge in [-0.3, -0.25) is 0 Å². The summed E-state index contributed by atoms with van der Waals surface area (Å²) < 4.78 is 6.10. The van der Waals surface area contributed by atoms with Crippen LogP contribution in [0.25, 0.3) is 0 Å². The van der Waals surface area contributed by atoms with Crippen LogP contribution in [-0.2, 0) is 10.2 Å². The number of carbonyl (C=O) groups is 1. The molecule has 31 heavy (non-hydrogen) atoms. The van der Waals surface area contributed by atoms with Crippen LogP contribution in [0, 0.1) is 0 Å². The average molecular weight is 424 g/mol. The zero-order chi connectivity index (χ0) is 22.9. The van der Waals surface area contributed by atoms with Crippen molar-refractivity contribution in [1.82, 2.24) is 9.80 Å². The van der Waals surface area contributed by atoms with Gasteiger partial charge in [0, 0.05) is 19.6 Å². The van der Waals surface area contributed by atoms with E-state index in [0.717, 1.165) is 24.0 Å². The number of hydrogen-bond acceptors (Lipinski definition) is 4. The van der Waals surface area contributed by atoms with Gasteiger partial charge in [-0.2, -0.15) is 0 Å². The normalized spacial score (nSPS) is 13.2. The van der Waals surface area contributed by atoms with E-state index in [2.05, 4.69) is 50.2 Å². The van der Waals surface area contributed by atoms with Gasteiger partial charge in [-0.25, -0.2) is 4.79 Å². The van der Waals surface area contributed by atoms with Crippen molar-refractivity contribution in [3.8, 4) is 0 Å². The second kappa shape index (κ2) is 11.7. The van der Waals surface area contributed by atoms with Crippen LogP contribution < -0.4 is 5.73 Å². The Morgan fingerprint density at radius 3 is 1.97 bits per heavy atom. The van der Waals surface area contributed by atoms with Gasteiger partial charge in [0.1, 0.15) is 5.76 Å². The highest BCUT2D eigenvalue weighted by atomic mass is 16.6. The predicted molar refractivity (Wildman–Crippen MR) is 128 cm³/mol. The summed E-state index contributed by atoms with van der Waals surface area (Å²) >= 11 is 0. The molecule has 0 saturated carbocycles. The van der Waals surface area contributed by atoms with Crippen LogP contribution in [0.3, 0.4) is 0 Å². The molecular formula is C26H37N3O2. The van der Waals surface area contributed by atoms with Crippen molar-refractivity contribution in [2.45, 2.75) is 38.1 Å². The summed E-state index contributed by atoms with van der Waals surface area (Å²) in [4.78, 5) is 16.7. The van der Waals surface area contributed by atoms with Gasteiger partial charge in [0.05, 0.1) is 5.41 Å². The van der Waals surface area contributed by atoms with E-state index in [9.17, 15) is 4.79 Å². The Labute approximate surface area is 187 Å². The minimum atomic E-state index is -0.606. The van der Waals surface area contributed by atoms with Gasteiger partial charge in [-0.05, 0) is 64.5 Å². The Morgan fingerprint density at radius 2 is 1.55 bits per heavy atom. The van der Waals surface area contributed by atoms with Crippen molar-refractivity contribution in [3.63, 3.8) is 0 Å². The lowest BCUT2D eigenvalue weighted by atomic mass is 9.68. The van der Waals surface area contributed by atoms with Gasteiger partial charge in [-0.15, -0.1) is 0 Å². The number of hydrogen-bond donors (Lipinski definition) is 1. The number of amides is 1. The van der Waals surface area contributed by atoms with Crippen LogP contribution in [0.15, 0.2) is 72.5 Å². The zero-order valence-electron chi connectivity index (χ0n) is 19.5. The predicted octanol–water partition coefficient (Wildman–Crippen LogP) is 4.63. The SMILES string of the molecule is C/C=C(\OC(=O)N(C)CCCN)C(CC(C)N(C)C)(c1ccccc1)c1ccccc1. The first-order chi connectivity index (χ1) is 14.9. The van der Waals surface area contributed by atoms with Gasteiger partial charge in [0.2, 0.25) is 0 Å². The summed E-state index contributed by atoms with van der Waals surface area (Å²) in [6.45, 7) is 5.23. The number of carbonyl (C=O) groups excluding carboxylic acids is 1. The lowest BCUT2D eigenvalue weighted by Crippen LogP contribution is -2.41. The number of nitrogens with zero attached hydrogens (tertiary/aromatic N) is 2. The van der Waals surface area contributed by atoms with Crippen LogP contribution >= 0.6 is 0 Å². The molecule has 1 amide bonds. The maximum atomic E-state index is 13.0. The molecule has 0 bridgehead atoms. The van der Waals surface area contributed by atoms with E-state index >= 15 is 0 Å². The first-order valence-electron chi connectivity index (χ1n) is 10.9. The van der Waals surface area contributed by atoms with Crippen LogP contribution in [0.2, 0.25) is 0 Å². The highest BCUT2D eigenvalue weighted by molar-refractivity contribution is 5.69. The molecule has 0 radical (unpaired) electrons. The van der Waals surface area contributed by atoms with Crippen LogP contribution in [-0.4, -0.2) is 56.2 Å². The molecule has 5 nitrogen and oxygen atoms in total. The molecule has 0 fully saturated rings. The molecule has 0 aliphatic rings. The largest absolute Gasteiger partial charge is 0.414 e. The van der Waals surface area contributed by atoms with Gasteiger partial charge < -0.3 is 20.3 Å². The number of benzene rings is 2. The topological polar surface area (TPSA) is 58.8 Å². The molecule has 0 aromatic heterocycles. The van der Waals surface area contributed by atoms with E-state index in [-0.39, 0.29) is 12.1 Å². The minimum Gasteiger partial charge on any atom is -0.414 e. The Morgan fingerprint density at radius 1 is 1.03 bits per heavy atom. The average Bonchev–Trinajstić information content (AvgIpc) is 2.80. The first-order valence-corrected chi connectivity index (χ1v) is 10.9. The summed E-state index contributed by atoms with van der Waals surface area (Å²) in [7, 11) is 5.90. The molecular weight excluding hydrogens is 386 g/mol. The number of ether oxygens (including phenoxy) is 1. The number of rotatable bonds is 10. The van der Waals surface area contributed by atoms with Crippen molar-refractivity contribution in [3.05, 3.63) is 83.6 Å². The fourth-order valence-electron chi connectivity index (χ4n) is 3.84. The van der Waals surface area contributed by atoms with Crippen molar-refractivity contribution >= 4 is 6.09 Å². The molecule has 0 aliphatic carbocycles. The molecule has 2 aromatic rings. The van der Waals surface area contributed by atoms with Gasteiger partial charge in [0.25, 0.3) is 0 Å². The summed E-state index contributed by atoms with van der Waals surface area (Å²) in [5, 5.41) is 0. The molecule has 2 N–H and O–H groups in total. The fraction of sp³-hybridized carbons (Fsp3) is 0.423. The maximum absolute atomic E-state index is 13.0. The standard InChI is InChI=1S/C26H37N3O2/c1-6-24(31-25(30)29(5)19-13-18-27)26(20-21(2)28(3)4,22-14-9-7-10-15-22)23-16-11-8-12-17-23/h6-12,14-17,21H,13,18-20,27H2,1-5H3/b24-6-. The molecule has 0 heterocycles. The Kier molecular flexibility index (Phi) is 9.28. The minimum absolute atomic E-state index is 0.240. The second-order valence-electron chi connectivity index (χ2n) is 8.24. The van der Waals surface area contributed by atoms with Crippen LogP contribution in [0.5, 0.6) is 0 Å². The Hall–Kier alpha value is -2.63. The second-order valence-corrected chi connectivity index (χ2v) is 8.24. The van der Waals surface area contributed by atoms with Crippen LogP contribution in [0.1, 0.15) is 37.8 Å². The van der Waals surface area contributed by atoms with Crippen molar-refractivity contribution in [1.29, 1.82) is 0 Å². The fourth-order valence-corrected chi connectivity index (χ4v) is 3.84. The molecule has 1 atom stereocenters. The smallest absolute Gasteiger partial charge is 0.414 e. The number of nitrogens with two attached hydrogens (primary N) is 1. The molecule has 0 aliphatic heterocycles. The van der Waals surface area contributed by atoms with Gasteiger partial charge in [0.15, 0.2) is 0 Å². The maximum Gasteiger partial charge on any atom is 0.414 e. The summed E-state index contributed by atoms with van der Waals surface area (Å²) in [5.41, 5.74) is 7.20. The van der Waals surface area contributed by atoms with E-state index < -0.39 is 5.41 Å². The third-order valence-electron chi connectivity index (χ3n) is 5.91. The Balaban J connectivity index is 2.62.